The minimum absolute atomic E-state index is 0.00271. The molecule has 0 aliphatic heterocycles. The highest BCUT2D eigenvalue weighted by Crippen LogP contribution is 2.06. The fraction of sp³-hybridized carbons (Fsp3) is 0.818. The predicted molar refractivity (Wildman–Crippen MR) is 62.2 cm³/mol. The van der Waals surface area contributed by atoms with Crippen LogP contribution < -0.4 is 10.6 Å². The van der Waals surface area contributed by atoms with E-state index in [1.165, 1.54) is 13.8 Å². The third-order valence-corrected chi connectivity index (χ3v) is 2.59. The van der Waals surface area contributed by atoms with Crippen LogP contribution in [0.15, 0.2) is 0 Å². The van der Waals surface area contributed by atoms with Gasteiger partial charge >= 0.3 is 5.97 Å². The van der Waals surface area contributed by atoms with E-state index >= 15 is 0 Å². The van der Waals surface area contributed by atoms with Gasteiger partial charge in [-0.3, -0.25) is 14.9 Å². The maximum atomic E-state index is 11.5. The normalized spacial score (nSPS) is 12.3. The van der Waals surface area contributed by atoms with Crippen molar-refractivity contribution in [3.05, 3.63) is 0 Å². The van der Waals surface area contributed by atoms with E-state index in [0.29, 0.717) is 0 Å². The molecule has 0 rings (SSSR count). The number of carbonyl (C=O) groups excluding carboxylic acids is 1. The number of hydrogen-bond acceptors (Lipinski definition) is 3. The summed E-state index contributed by atoms with van der Waals surface area (Å²) in [6.07, 6.45) is 0.820. The summed E-state index contributed by atoms with van der Waals surface area (Å²) in [5.41, 5.74) is -1.35. The van der Waals surface area contributed by atoms with Gasteiger partial charge in [-0.1, -0.05) is 6.92 Å². The maximum absolute atomic E-state index is 11.5. The number of nitrogens with one attached hydrogen (secondary N) is 2. The Kier molecular flexibility index (Phi) is 4.93. The minimum Gasteiger partial charge on any atom is -0.480 e. The molecule has 0 heterocycles. The molecule has 0 bridgehead atoms. The lowest BCUT2D eigenvalue weighted by Gasteiger charge is -2.26. The minimum atomic E-state index is -1.09. The zero-order chi connectivity index (χ0) is 13.0. The van der Waals surface area contributed by atoms with Crippen LogP contribution in [0, 0.1) is 0 Å². The Labute approximate surface area is 96.6 Å². The third kappa shape index (κ3) is 5.11. The van der Waals surface area contributed by atoms with Gasteiger partial charge in [0.2, 0.25) is 5.91 Å². The third-order valence-electron chi connectivity index (χ3n) is 2.59. The molecule has 1 amide bonds. The van der Waals surface area contributed by atoms with E-state index in [2.05, 4.69) is 10.6 Å². The fourth-order valence-electron chi connectivity index (χ4n) is 0.887. The lowest BCUT2D eigenvalue weighted by molar-refractivity contribution is -0.143. The van der Waals surface area contributed by atoms with E-state index in [1.54, 1.807) is 0 Å². The number of carboxylic acid groups (broad SMARTS) is 1. The quantitative estimate of drug-likeness (QED) is 0.629. The van der Waals surface area contributed by atoms with Crippen LogP contribution in [0.2, 0.25) is 0 Å². The lowest BCUT2D eigenvalue weighted by atomic mass is 10.0. The van der Waals surface area contributed by atoms with Gasteiger partial charge in [0.15, 0.2) is 0 Å². The van der Waals surface area contributed by atoms with Gasteiger partial charge in [-0.25, -0.2) is 0 Å². The van der Waals surface area contributed by atoms with Gasteiger partial charge in [0.05, 0.1) is 6.54 Å². The van der Waals surface area contributed by atoms with Crippen LogP contribution >= 0.6 is 0 Å². The van der Waals surface area contributed by atoms with Crippen LogP contribution in [0.1, 0.15) is 41.0 Å². The zero-order valence-electron chi connectivity index (χ0n) is 10.7. The van der Waals surface area contributed by atoms with Crippen molar-refractivity contribution in [2.45, 2.75) is 52.1 Å². The lowest BCUT2D eigenvalue weighted by Crippen LogP contribution is -2.53. The van der Waals surface area contributed by atoms with Crippen molar-refractivity contribution in [1.29, 1.82) is 0 Å². The summed E-state index contributed by atoms with van der Waals surface area (Å²) in [4.78, 5) is 22.3. The van der Waals surface area contributed by atoms with Gasteiger partial charge in [-0.15, -0.1) is 0 Å². The molecule has 0 radical (unpaired) electrons. The summed E-state index contributed by atoms with van der Waals surface area (Å²) in [7, 11) is 0. The molecular formula is C11H22N2O3. The molecule has 0 aromatic heterocycles. The van der Waals surface area contributed by atoms with E-state index in [4.69, 9.17) is 5.11 Å². The number of carboxylic acids is 1. The molecule has 0 fully saturated rings. The first kappa shape index (κ1) is 14.9. The van der Waals surface area contributed by atoms with Crippen LogP contribution in [-0.2, 0) is 9.59 Å². The molecule has 16 heavy (non-hydrogen) atoms. The predicted octanol–water partition coefficient (Wildman–Crippen LogP) is 0.744. The average Bonchev–Trinajstić information content (AvgIpc) is 2.14. The molecule has 0 aromatic carbocycles. The van der Waals surface area contributed by atoms with Crippen molar-refractivity contribution >= 4 is 11.9 Å². The second-order valence-electron chi connectivity index (χ2n) is 5.07. The van der Waals surface area contributed by atoms with Crippen LogP contribution in [0.4, 0.5) is 0 Å². The average molecular weight is 230 g/mol. The topological polar surface area (TPSA) is 78.4 Å². The van der Waals surface area contributed by atoms with Crippen molar-refractivity contribution in [1.82, 2.24) is 10.6 Å². The molecule has 0 saturated heterocycles. The summed E-state index contributed by atoms with van der Waals surface area (Å²) >= 11 is 0. The molecule has 0 saturated carbocycles. The van der Waals surface area contributed by atoms with Gasteiger partial charge in [-0.05, 0) is 34.1 Å². The Morgan fingerprint density at radius 3 is 2.06 bits per heavy atom. The standard InChI is InChI=1S/C11H22N2O3/c1-6-10(2,3)13-8(14)7-12-11(4,5)9(15)16/h12H,6-7H2,1-5H3,(H,13,14)(H,15,16). The largest absolute Gasteiger partial charge is 0.480 e. The van der Waals surface area contributed by atoms with Gasteiger partial charge in [-0.2, -0.15) is 0 Å². The highest BCUT2D eigenvalue weighted by molar-refractivity contribution is 5.81. The van der Waals surface area contributed by atoms with Crippen LogP contribution in [0.3, 0.4) is 0 Å². The molecule has 0 aromatic rings. The fourth-order valence-corrected chi connectivity index (χ4v) is 0.887. The van der Waals surface area contributed by atoms with Gasteiger partial charge in [0, 0.05) is 5.54 Å². The molecule has 0 spiro atoms. The second kappa shape index (κ2) is 5.30. The maximum Gasteiger partial charge on any atom is 0.323 e. The molecular weight excluding hydrogens is 208 g/mol. The van der Waals surface area contributed by atoms with Crippen LogP contribution in [0.5, 0.6) is 0 Å². The van der Waals surface area contributed by atoms with Crippen molar-refractivity contribution < 1.29 is 14.7 Å². The summed E-state index contributed by atoms with van der Waals surface area (Å²) < 4.78 is 0. The zero-order valence-corrected chi connectivity index (χ0v) is 10.7. The SMILES string of the molecule is CCC(C)(C)NC(=O)CNC(C)(C)C(=O)O. The van der Waals surface area contributed by atoms with E-state index in [1.807, 2.05) is 20.8 Å². The second-order valence-corrected chi connectivity index (χ2v) is 5.07. The van der Waals surface area contributed by atoms with Crippen molar-refractivity contribution in [2.24, 2.45) is 0 Å². The molecule has 0 atom stereocenters. The highest BCUT2D eigenvalue weighted by Gasteiger charge is 2.27. The number of rotatable bonds is 6. The molecule has 0 unspecified atom stereocenters. The first-order valence-corrected chi connectivity index (χ1v) is 5.40. The first-order valence-electron chi connectivity index (χ1n) is 5.40. The van der Waals surface area contributed by atoms with E-state index < -0.39 is 11.5 Å². The summed E-state index contributed by atoms with van der Waals surface area (Å²) in [6, 6.07) is 0. The first-order chi connectivity index (χ1) is 7.10. The van der Waals surface area contributed by atoms with E-state index in [0.717, 1.165) is 6.42 Å². The van der Waals surface area contributed by atoms with Gasteiger partial charge < -0.3 is 10.4 Å². The Bertz CT molecular complexity index is 272. The van der Waals surface area contributed by atoms with Gasteiger partial charge in [0.1, 0.15) is 5.54 Å². The highest BCUT2D eigenvalue weighted by atomic mass is 16.4. The van der Waals surface area contributed by atoms with Crippen molar-refractivity contribution in [2.75, 3.05) is 6.54 Å². The van der Waals surface area contributed by atoms with Gasteiger partial charge in [0.25, 0.3) is 0 Å². The number of carbonyl (C=O) groups is 2. The van der Waals surface area contributed by atoms with E-state index in [-0.39, 0.29) is 18.0 Å². The monoisotopic (exact) mass is 230 g/mol. The van der Waals surface area contributed by atoms with Crippen molar-refractivity contribution in [3.8, 4) is 0 Å². The molecule has 3 N–H and O–H groups in total. The summed E-state index contributed by atoms with van der Waals surface area (Å²) in [6.45, 7) is 8.87. The van der Waals surface area contributed by atoms with E-state index in [9.17, 15) is 9.59 Å². The molecule has 0 aliphatic rings. The Hall–Kier alpha value is -1.10. The summed E-state index contributed by atoms with van der Waals surface area (Å²) in [5, 5.41) is 14.4. The van der Waals surface area contributed by atoms with Crippen molar-refractivity contribution in [3.63, 3.8) is 0 Å². The Balaban J connectivity index is 4.14. The smallest absolute Gasteiger partial charge is 0.323 e. The van der Waals surface area contributed by atoms with Crippen LogP contribution in [-0.4, -0.2) is 34.6 Å². The van der Waals surface area contributed by atoms with Crippen LogP contribution in [0.25, 0.3) is 0 Å². The molecule has 0 aliphatic carbocycles. The Morgan fingerprint density at radius 1 is 1.19 bits per heavy atom. The molecule has 94 valence electrons. The summed E-state index contributed by atoms with van der Waals surface area (Å²) in [5.74, 6) is -1.17. The molecule has 5 heteroatoms. The molecule has 5 nitrogen and oxygen atoms in total. The Morgan fingerprint density at radius 2 is 1.69 bits per heavy atom. The number of hydrogen-bond donors (Lipinski definition) is 3. The number of amides is 1. The number of aliphatic carboxylic acids is 1.